The van der Waals surface area contributed by atoms with Crippen molar-refractivity contribution in [1.29, 1.82) is 0 Å². The van der Waals surface area contributed by atoms with Gasteiger partial charge in [-0.15, -0.1) is 0 Å². The molecule has 23 heavy (non-hydrogen) atoms. The lowest BCUT2D eigenvalue weighted by Crippen LogP contribution is -2.52. The van der Waals surface area contributed by atoms with Crippen molar-refractivity contribution in [2.24, 2.45) is 10.9 Å². The molecule has 1 aromatic carbocycles. The summed E-state index contributed by atoms with van der Waals surface area (Å²) in [4.78, 5) is 31.7. The smallest absolute Gasteiger partial charge is 0.261 e. The Kier molecular flexibility index (Phi) is 3.50. The minimum Gasteiger partial charge on any atom is -0.508 e. The molecule has 3 rings (SSSR count). The Hall–Kier alpha value is -2.57. The summed E-state index contributed by atoms with van der Waals surface area (Å²) in [5, 5.41) is 12.7. The van der Waals surface area contributed by atoms with Crippen LogP contribution in [0.2, 0.25) is 0 Å². The predicted molar refractivity (Wildman–Crippen MR) is 86.4 cm³/mol. The minimum atomic E-state index is -0.676. The number of fused-ring (bicyclic) bond motifs is 3. The number of rotatable bonds is 2. The molecule has 0 bridgehead atoms. The number of phenols is 1. The molecule has 2 aliphatic rings. The Labute approximate surface area is 134 Å². The van der Waals surface area contributed by atoms with Crippen molar-refractivity contribution in [2.45, 2.75) is 26.7 Å². The number of aromatic hydroxyl groups is 1. The quantitative estimate of drug-likeness (QED) is 0.844. The molecule has 0 aromatic heterocycles. The highest BCUT2D eigenvalue weighted by Crippen LogP contribution is 2.42. The van der Waals surface area contributed by atoms with Gasteiger partial charge in [0.15, 0.2) is 0 Å². The third-order valence-electron chi connectivity index (χ3n) is 4.12. The van der Waals surface area contributed by atoms with Crippen LogP contribution in [-0.4, -0.2) is 46.9 Å². The summed E-state index contributed by atoms with van der Waals surface area (Å²) in [5.74, 6) is -0.678. The van der Waals surface area contributed by atoms with Crippen LogP contribution in [0, 0.1) is 12.8 Å². The van der Waals surface area contributed by atoms with E-state index < -0.39 is 5.92 Å². The third kappa shape index (κ3) is 2.15. The van der Waals surface area contributed by atoms with Gasteiger partial charge >= 0.3 is 0 Å². The van der Waals surface area contributed by atoms with Crippen LogP contribution >= 0.6 is 0 Å². The first-order valence-electron chi connectivity index (χ1n) is 7.64. The average molecular weight is 316 g/mol. The van der Waals surface area contributed by atoms with Gasteiger partial charge in [0.2, 0.25) is 5.96 Å². The van der Waals surface area contributed by atoms with Crippen LogP contribution in [0.25, 0.3) is 0 Å². The zero-order valence-corrected chi connectivity index (χ0v) is 13.7. The third-order valence-corrected chi connectivity index (χ3v) is 4.12. The molecule has 7 heteroatoms. The van der Waals surface area contributed by atoms with Crippen molar-refractivity contribution < 1.29 is 14.7 Å². The Bertz CT molecular complexity index is 726. The summed E-state index contributed by atoms with van der Waals surface area (Å²) in [6, 6.07) is 3.21. The molecule has 0 saturated carbocycles. The number of carbonyl (C=O) groups excluding carboxylic acids is 2. The van der Waals surface area contributed by atoms with E-state index in [1.165, 1.54) is 16.1 Å². The van der Waals surface area contributed by atoms with Gasteiger partial charge in [0, 0.05) is 20.2 Å². The van der Waals surface area contributed by atoms with Crippen LogP contribution < -0.4 is 5.01 Å². The molecule has 0 unspecified atom stereocenters. The number of phenolic OH excluding ortho intramolecular Hbond substituents is 1. The van der Waals surface area contributed by atoms with E-state index in [1.54, 1.807) is 32.0 Å². The summed E-state index contributed by atoms with van der Waals surface area (Å²) < 4.78 is 0. The maximum Gasteiger partial charge on any atom is 0.261 e. The summed E-state index contributed by atoms with van der Waals surface area (Å²) >= 11 is 0. The fraction of sp³-hybridized carbons (Fsp3) is 0.438. The maximum atomic E-state index is 12.8. The monoisotopic (exact) mass is 316 g/mol. The number of hydrazine groups is 1. The molecule has 1 N–H and O–H groups in total. The van der Waals surface area contributed by atoms with E-state index >= 15 is 0 Å². The zero-order valence-electron chi connectivity index (χ0n) is 13.7. The minimum absolute atomic E-state index is 0.113. The SMILES string of the molecule is CCC[C@H]1C(=O)N2C(N(C)C)=Nc3cc(O)c(C)cc3N2C1=O. The number of guanidine groups is 1. The number of anilines is 1. The van der Waals surface area contributed by atoms with E-state index in [9.17, 15) is 14.7 Å². The highest BCUT2D eigenvalue weighted by atomic mass is 16.3. The van der Waals surface area contributed by atoms with Crippen LogP contribution in [-0.2, 0) is 9.59 Å². The van der Waals surface area contributed by atoms with Gasteiger partial charge in [-0.1, -0.05) is 13.3 Å². The van der Waals surface area contributed by atoms with E-state index in [-0.39, 0.29) is 17.6 Å². The lowest BCUT2D eigenvalue weighted by atomic mass is 10.0. The van der Waals surface area contributed by atoms with E-state index in [4.69, 9.17) is 0 Å². The van der Waals surface area contributed by atoms with Gasteiger partial charge < -0.3 is 10.0 Å². The Morgan fingerprint density at radius 3 is 2.48 bits per heavy atom. The standard InChI is InChI=1S/C16H20N4O3/c1-5-6-10-14(22)19-12-7-9(2)13(21)8-11(12)17-16(18(3)4)20(19)15(10)23/h7-8,10,21H,5-6H2,1-4H3/t10-/m1/s1. The second kappa shape index (κ2) is 5.26. The van der Waals surface area contributed by atoms with Gasteiger partial charge in [-0.05, 0) is 25.0 Å². The maximum absolute atomic E-state index is 12.8. The molecule has 1 saturated heterocycles. The summed E-state index contributed by atoms with van der Waals surface area (Å²) in [5.41, 5.74) is 1.64. The second-order valence-corrected chi connectivity index (χ2v) is 6.07. The van der Waals surface area contributed by atoms with Crippen molar-refractivity contribution in [2.75, 3.05) is 19.1 Å². The van der Waals surface area contributed by atoms with Crippen LogP contribution in [0.3, 0.4) is 0 Å². The summed E-state index contributed by atoms with van der Waals surface area (Å²) in [6.45, 7) is 3.70. The molecule has 1 aromatic rings. The molecule has 1 fully saturated rings. The first-order valence-corrected chi connectivity index (χ1v) is 7.64. The normalized spacial score (nSPS) is 19.7. The van der Waals surface area contributed by atoms with Crippen molar-refractivity contribution in [3.05, 3.63) is 17.7 Å². The number of hydrogen-bond acceptors (Lipinski definition) is 5. The molecule has 2 aliphatic heterocycles. The molecule has 1 atom stereocenters. The molecule has 2 amide bonds. The van der Waals surface area contributed by atoms with Gasteiger partial charge in [-0.2, -0.15) is 5.01 Å². The predicted octanol–water partition coefficient (Wildman–Crippen LogP) is 1.77. The first-order chi connectivity index (χ1) is 10.9. The largest absolute Gasteiger partial charge is 0.508 e. The molecule has 0 spiro atoms. The summed E-state index contributed by atoms with van der Waals surface area (Å²) in [7, 11) is 3.53. The molecule has 0 aliphatic carbocycles. The highest BCUT2D eigenvalue weighted by Gasteiger charge is 2.50. The van der Waals surface area contributed by atoms with Crippen LogP contribution in [0.4, 0.5) is 11.4 Å². The highest BCUT2D eigenvalue weighted by molar-refractivity contribution is 6.22. The number of hydrogen-bond donors (Lipinski definition) is 1. The number of carbonyl (C=O) groups is 2. The number of aliphatic imine (C=N–C) groups is 1. The zero-order chi connectivity index (χ0) is 16.9. The van der Waals surface area contributed by atoms with Gasteiger partial charge in [0.1, 0.15) is 11.7 Å². The van der Waals surface area contributed by atoms with E-state index in [2.05, 4.69) is 4.99 Å². The fourth-order valence-electron chi connectivity index (χ4n) is 2.92. The number of nitrogens with zero attached hydrogens (tertiary/aromatic N) is 4. The van der Waals surface area contributed by atoms with Crippen molar-refractivity contribution >= 4 is 29.1 Å². The Morgan fingerprint density at radius 2 is 1.87 bits per heavy atom. The number of amides is 2. The fourth-order valence-corrected chi connectivity index (χ4v) is 2.92. The number of benzene rings is 1. The molecular weight excluding hydrogens is 296 g/mol. The first kappa shape index (κ1) is 15.3. The van der Waals surface area contributed by atoms with Gasteiger partial charge in [0.05, 0.1) is 11.4 Å². The average Bonchev–Trinajstić information content (AvgIpc) is 2.74. The van der Waals surface area contributed by atoms with Gasteiger partial charge in [-0.3, -0.25) is 9.59 Å². The molecule has 2 heterocycles. The van der Waals surface area contributed by atoms with E-state index in [1.807, 2.05) is 6.92 Å². The van der Waals surface area contributed by atoms with Crippen LogP contribution in [0.1, 0.15) is 25.3 Å². The lowest BCUT2D eigenvalue weighted by molar-refractivity contribution is -0.130. The molecule has 7 nitrogen and oxygen atoms in total. The molecular formula is C16H20N4O3. The lowest BCUT2D eigenvalue weighted by Gasteiger charge is -2.35. The molecule has 122 valence electrons. The van der Waals surface area contributed by atoms with E-state index in [0.29, 0.717) is 29.3 Å². The van der Waals surface area contributed by atoms with Crippen LogP contribution in [0.5, 0.6) is 5.75 Å². The van der Waals surface area contributed by atoms with Crippen LogP contribution in [0.15, 0.2) is 17.1 Å². The van der Waals surface area contributed by atoms with Crippen molar-refractivity contribution in [3.63, 3.8) is 0 Å². The Morgan fingerprint density at radius 1 is 1.22 bits per heavy atom. The van der Waals surface area contributed by atoms with Gasteiger partial charge in [0.25, 0.3) is 11.8 Å². The van der Waals surface area contributed by atoms with Crippen molar-refractivity contribution in [1.82, 2.24) is 9.91 Å². The second-order valence-electron chi connectivity index (χ2n) is 6.07. The van der Waals surface area contributed by atoms with Crippen molar-refractivity contribution in [3.8, 4) is 5.75 Å². The van der Waals surface area contributed by atoms with Gasteiger partial charge in [-0.25, -0.2) is 10.0 Å². The summed E-state index contributed by atoms with van der Waals surface area (Å²) in [6.07, 6.45) is 1.26. The molecule has 0 radical (unpaired) electrons. The Balaban J connectivity index is 2.20. The van der Waals surface area contributed by atoms with E-state index in [0.717, 1.165) is 6.42 Å². The number of aryl methyl sites for hydroxylation is 1. The topological polar surface area (TPSA) is 76.5 Å².